The summed E-state index contributed by atoms with van der Waals surface area (Å²) in [5.74, 6) is 0. The third-order valence-electron chi connectivity index (χ3n) is 3.21. The first-order chi connectivity index (χ1) is 10.4. The highest BCUT2D eigenvalue weighted by atomic mass is 32.1. The lowest BCUT2D eigenvalue weighted by Gasteiger charge is -2.28. The summed E-state index contributed by atoms with van der Waals surface area (Å²) in [6.45, 7) is 12.1. The summed E-state index contributed by atoms with van der Waals surface area (Å²) in [6.07, 6.45) is 1.75. The lowest BCUT2D eigenvalue weighted by molar-refractivity contribution is 0.0250. The minimum absolute atomic E-state index is 0.222. The summed E-state index contributed by atoms with van der Waals surface area (Å²) < 4.78 is 5.47. The molecule has 1 amide bonds. The van der Waals surface area contributed by atoms with Crippen LogP contribution in [0, 0.1) is 0 Å². The van der Waals surface area contributed by atoms with Crippen molar-refractivity contribution in [2.24, 2.45) is 0 Å². The largest absolute Gasteiger partial charge is 0.444 e. The molecular formula is C17H30N2O2S. The Morgan fingerprint density at radius 1 is 1.36 bits per heavy atom. The maximum atomic E-state index is 12.2. The van der Waals surface area contributed by atoms with Gasteiger partial charge in [0.2, 0.25) is 0 Å². The number of nitrogens with zero attached hydrogens (tertiary/aromatic N) is 1. The second-order valence-electron chi connectivity index (χ2n) is 6.40. The third kappa shape index (κ3) is 6.79. The summed E-state index contributed by atoms with van der Waals surface area (Å²) >= 11 is 1.77. The molecule has 0 aliphatic rings. The van der Waals surface area contributed by atoms with Crippen LogP contribution in [0.2, 0.25) is 0 Å². The van der Waals surface area contributed by atoms with Gasteiger partial charge in [-0.05, 0) is 45.1 Å². The van der Waals surface area contributed by atoms with Crippen molar-refractivity contribution in [1.29, 1.82) is 0 Å². The van der Waals surface area contributed by atoms with Crippen LogP contribution in [0.4, 0.5) is 4.79 Å². The summed E-state index contributed by atoms with van der Waals surface area (Å²) in [5.41, 5.74) is -0.445. The Morgan fingerprint density at radius 3 is 2.59 bits per heavy atom. The van der Waals surface area contributed by atoms with Gasteiger partial charge in [-0.25, -0.2) is 4.79 Å². The summed E-state index contributed by atoms with van der Waals surface area (Å²) in [5, 5.41) is 5.64. The van der Waals surface area contributed by atoms with E-state index in [1.807, 2.05) is 20.8 Å². The molecule has 1 heterocycles. The van der Waals surface area contributed by atoms with Gasteiger partial charge in [-0.3, -0.25) is 0 Å². The normalized spacial score (nSPS) is 13.0. The molecule has 126 valence electrons. The van der Waals surface area contributed by atoms with Crippen molar-refractivity contribution in [3.63, 3.8) is 0 Å². The predicted octanol–water partition coefficient (Wildman–Crippen LogP) is 4.44. The molecule has 22 heavy (non-hydrogen) atoms. The van der Waals surface area contributed by atoms with E-state index in [0.717, 1.165) is 25.9 Å². The minimum Gasteiger partial charge on any atom is -0.444 e. The molecule has 0 aromatic carbocycles. The molecule has 1 aromatic heterocycles. The third-order valence-corrected chi connectivity index (χ3v) is 4.20. The van der Waals surface area contributed by atoms with Crippen molar-refractivity contribution in [1.82, 2.24) is 10.2 Å². The SMILES string of the molecule is CCCN(CCNC(CC)c1cccs1)C(=O)OC(C)(C)C. The van der Waals surface area contributed by atoms with Crippen molar-refractivity contribution in [2.45, 2.75) is 59.1 Å². The fourth-order valence-electron chi connectivity index (χ4n) is 2.20. The fourth-order valence-corrected chi connectivity index (χ4v) is 3.09. The molecule has 1 N–H and O–H groups in total. The van der Waals surface area contributed by atoms with E-state index in [0.29, 0.717) is 12.6 Å². The van der Waals surface area contributed by atoms with Gasteiger partial charge in [-0.15, -0.1) is 11.3 Å². The molecule has 4 nitrogen and oxygen atoms in total. The van der Waals surface area contributed by atoms with Gasteiger partial charge in [0.05, 0.1) is 0 Å². The van der Waals surface area contributed by atoms with Gasteiger partial charge in [0.25, 0.3) is 0 Å². The maximum Gasteiger partial charge on any atom is 0.410 e. The number of ether oxygens (including phenoxy) is 1. The molecule has 1 atom stereocenters. The van der Waals surface area contributed by atoms with Crippen LogP contribution in [0.3, 0.4) is 0 Å². The van der Waals surface area contributed by atoms with Gasteiger partial charge in [-0.1, -0.05) is 19.9 Å². The lowest BCUT2D eigenvalue weighted by Crippen LogP contribution is -2.41. The smallest absolute Gasteiger partial charge is 0.410 e. The van der Waals surface area contributed by atoms with Gasteiger partial charge in [0.15, 0.2) is 0 Å². The van der Waals surface area contributed by atoms with E-state index in [1.54, 1.807) is 16.2 Å². The number of carbonyl (C=O) groups excluding carboxylic acids is 1. The number of thiophene rings is 1. The van der Waals surface area contributed by atoms with Crippen molar-refractivity contribution in [3.05, 3.63) is 22.4 Å². The monoisotopic (exact) mass is 326 g/mol. The molecule has 1 aromatic rings. The Bertz CT molecular complexity index is 426. The van der Waals surface area contributed by atoms with Crippen LogP contribution in [0.5, 0.6) is 0 Å². The van der Waals surface area contributed by atoms with Crippen molar-refractivity contribution < 1.29 is 9.53 Å². The molecule has 0 saturated carbocycles. The standard InChI is InChI=1S/C17H30N2O2S/c1-6-11-19(16(20)21-17(3,4)5)12-10-18-14(7-2)15-9-8-13-22-15/h8-9,13-14,18H,6-7,10-12H2,1-5H3. The van der Waals surface area contributed by atoms with Gasteiger partial charge < -0.3 is 15.0 Å². The van der Waals surface area contributed by atoms with Crippen LogP contribution < -0.4 is 5.32 Å². The first-order valence-corrected chi connectivity index (χ1v) is 9.00. The van der Waals surface area contributed by atoms with E-state index in [1.165, 1.54) is 4.88 Å². The molecule has 0 bridgehead atoms. The summed E-state index contributed by atoms with van der Waals surface area (Å²) in [4.78, 5) is 15.3. The number of rotatable bonds is 8. The first-order valence-electron chi connectivity index (χ1n) is 8.12. The molecular weight excluding hydrogens is 296 g/mol. The number of amides is 1. The molecule has 1 unspecified atom stereocenters. The van der Waals surface area contributed by atoms with Crippen LogP contribution in [0.25, 0.3) is 0 Å². The molecule has 0 fully saturated rings. The van der Waals surface area contributed by atoms with Gasteiger partial charge in [0, 0.05) is 30.6 Å². The van der Waals surface area contributed by atoms with Crippen molar-refractivity contribution in [3.8, 4) is 0 Å². The van der Waals surface area contributed by atoms with Crippen LogP contribution >= 0.6 is 11.3 Å². The van der Waals surface area contributed by atoms with E-state index >= 15 is 0 Å². The molecule has 0 aliphatic heterocycles. The molecule has 0 radical (unpaired) electrons. The fraction of sp³-hybridized carbons (Fsp3) is 0.706. The van der Waals surface area contributed by atoms with Crippen LogP contribution in [0.1, 0.15) is 58.4 Å². The highest BCUT2D eigenvalue weighted by Gasteiger charge is 2.21. The minimum atomic E-state index is -0.445. The Hall–Kier alpha value is -1.07. The zero-order chi connectivity index (χ0) is 16.6. The summed E-state index contributed by atoms with van der Waals surface area (Å²) in [6, 6.07) is 4.60. The average molecular weight is 327 g/mol. The highest BCUT2D eigenvalue weighted by molar-refractivity contribution is 7.10. The molecule has 5 heteroatoms. The van der Waals surface area contributed by atoms with Crippen LogP contribution in [-0.4, -0.2) is 36.2 Å². The van der Waals surface area contributed by atoms with Gasteiger partial charge in [0.1, 0.15) is 5.60 Å². The molecule has 0 aliphatic carbocycles. The van der Waals surface area contributed by atoms with E-state index in [9.17, 15) is 4.79 Å². The quantitative estimate of drug-likeness (QED) is 0.768. The Kier molecular flexibility index (Phi) is 7.90. The van der Waals surface area contributed by atoms with E-state index < -0.39 is 5.60 Å². The van der Waals surface area contributed by atoms with Crippen LogP contribution in [-0.2, 0) is 4.74 Å². The number of hydrogen-bond acceptors (Lipinski definition) is 4. The van der Waals surface area contributed by atoms with Crippen molar-refractivity contribution in [2.75, 3.05) is 19.6 Å². The maximum absolute atomic E-state index is 12.2. The Labute approximate surface area is 138 Å². The number of hydrogen-bond donors (Lipinski definition) is 1. The lowest BCUT2D eigenvalue weighted by atomic mass is 10.2. The van der Waals surface area contributed by atoms with E-state index in [2.05, 4.69) is 36.7 Å². The van der Waals surface area contributed by atoms with Crippen LogP contribution in [0.15, 0.2) is 17.5 Å². The number of carbonyl (C=O) groups is 1. The predicted molar refractivity (Wildman–Crippen MR) is 93.5 cm³/mol. The second-order valence-corrected chi connectivity index (χ2v) is 7.38. The average Bonchev–Trinajstić information content (AvgIpc) is 2.94. The Balaban J connectivity index is 2.48. The second kappa shape index (κ2) is 9.16. The topological polar surface area (TPSA) is 41.6 Å². The zero-order valence-electron chi connectivity index (χ0n) is 14.5. The Morgan fingerprint density at radius 2 is 2.09 bits per heavy atom. The molecule has 1 rings (SSSR count). The number of nitrogens with one attached hydrogen (secondary N) is 1. The molecule has 0 spiro atoms. The van der Waals surface area contributed by atoms with Crippen molar-refractivity contribution >= 4 is 17.4 Å². The first kappa shape index (κ1) is 19.0. The van der Waals surface area contributed by atoms with Gasteiger partial charge >= 0.3 is 6.09 Å². The molecule has 0 saturated heterocycles. The highest BCUT2D eigenvalue weighted by Crippen LogP contribution is 2.21. The van der Waals surface area contributed by atoms with E-state index in [4.69, 9.17) is 4.74 Å². The summed E-state index contributed by atoms with van der Waals surface area (Å²) in [7, 11) is 0. The van der Waals surface area contributed by atoms with E-state index in [-0.39, 0.29) is 6.09 Å². The zero-order valence-corrected chi connectivity index (χ0v) is 15.3. The van der Waals surface area contributed by atoms with Gasteiger partial charge in [-0.2, -0.15) is 0 Å².